The van der Waals surface area contributed by atoms with E-state index < -0.39 is 11.9 Å². The molecule has 0 saturated heterocycles. The lowest BCUT2D eigenvalue weighted by atomic mass is 9.84. The van der Waals surface area contributed by atoms with Crippen molar-refractivity contribution >= 4 is 11.9 Å². The van der Waals surface area contributed by atoms with Gasteiger partial charge in [0.1, 0.15) is 24.3 Å². The van der Waals surface area contributed by atoms with Crippen LogP contribution in [0.5, 0.6) is 0 Å². The number of unbranched alkanes of at least 4 members (excludes halogenated alkanes) is 6. The van der Waals surface area contributed by atoms with Gasteiger partial charge >= 0.3 is 11.9 Å². The molecule has 0 spiro atoms. The van der Waals surface area contributed by atoms with Gasteiger partial charge in [0.25, 0.3) is 0 Å². The SMILES string of the molecule is CCCCCCC1CCC(OC(=O)c2ccc(C(=O)OC3CCC(CCCCCC)CC3)c(C#N)c2C#N)CC1. The second kappa shape index (κ2) is 17.1. The molecule has 0 amide bonds. The third-order valence-corrected chi connectivity index (χ3v) is 8.94. The molecular weight excluding hydrogens is 500 g/mol. The minimum Gasteiger partial charge on any atom is -0.459 e. The van der Waals surface area contributed by atoms with Gasteiger partial charge in [0.15, 0.2) is 0 Å². The van der Waals surface area contributed by atoms with Crippen LogP contribution < -0.4 is 0 Å². The highest BCUT2D eigenvalue weighted by molar-refractivity contribution is 5.98. The summed E-state index contributed by atoms with van der Waals surface area (Å²) < 4.78 is 11.5. The van der Waals surface area contributed by atoms with E-state index in [4.69, 9.17) is 9.47 Å². The van der Waals surface area contributed by atoms with Crippen LogP contribution in [0, 0.1) is 34.5 Å². The van der Waals surface area contributed by atoms with Gasteiger partial charge < -0.3 is 9.47 Å². The number of hydrogen-bond donors (Lipinski definition) is 0. The van der Waals surface area contributed by atoms with Gasteiger partial charge in [-0.05, 0) is 75.3 Å². The van der Waals surface area contributed by atoms with Gasteiger partial charge in [0, 0.05) is 0 Å². The van der Waals surface area contributed by atoms with Gasteiger partial charge in [-0.25, -0.2) is 9.59 Å². The van der Waals surface area contributed by atoms with E-state index in [-0.39, 0.29) is 34.5 Å². The molecule has 2 fully saturated rings. The van der Waals surface area contributed by atoms with Crippen molar-refractivity contribution in [2.24, 2.45) is 11.8 Å². The van der Waals surface area contributed by atoms with Crippen LogP contribution in [0.4, 0.5) is 0 Å². The first-order valence-corrected chi connectivity index (χ1v) is 15.9. The van der Waals surface area contributed by atoms with Crippen molar-refractivity contribution in [2.75, 3.05) is 0 Å². The van der Waals surface area contributed by atoms with Crippen LogP contribution >= 0.6 is 0 Å². The summed E-state index contributed by atoms with van der Waals surface area (Å²) >= 11 is 0. The first-order valence-electron chi connectivity index (χ1n) is 15.9. The van der Waals surface area contributed by atoms with E-state index in [9.17, 15) is 20.1 Å². The Hall–Kier alpha value is -2.86. The highest BCUT2D eigenvalue weighted by atomic mass is 16.5. The molecule has 40 heavy (non-hydrogen) atoms. The number of benzene rings is 1. The topological polar surface area (TPSA) is 100 Å². The Bertz CT molecular complexity index is 954. The second-order valence-electron chi connectivity index (χ2n) is 11.9. The Labute approximate surface area is 241 Å². The van der Waals surface area contributed by atoms with Crippen molar-refractivity contribution in [1.29, 1.82) is 10.5 Å². The average molecular weight is 549 g/mol. The number of carbonyl (C=O) groups excluding carboxylic acids is 2. The van der Waals surface area contributed by atoms with Gasteiger partial charge in [-0.15, -0.1) is 0 Å². The maximum atomic E-state index is 13.0. The molecule has 0 heterocycles. The molecule has 0 radical (unpaired) electrons. The molecule has 3 rings (SSSR count). The van der Waals surface area contributed by atoms with Crippen LogP contribution in [0.1, 0.15) is 161 Å². The number of nitrogens with zero attached hydrogens (tertiary/aromatic N) is 2. The Balaban J connectivity index is 1.54. The van der Waals surface area contributed by atoms with Gasteiger partial charge in [-0.2, -0.15) is 10.5 Å². The van der Waals surface area contributed by atoms with Crippen LogP contribution in [-0.4, -0.2) is 24.1 Å². The lowest BCUT2D eigenvalue weighted by Gasteiger charge is -2.29. The quantitative estimate of drug-likeness (QED) is 0.170. The van der Waals surface area contributed by atoms with Gasteiger partial charge in [-0.3, -0.25) is 0 Å². The zero-order valence-corrected chi connectivity index (χ0v) is 24.7. The molecule has 6 heteroatoms. The minimum atomic E-state index is -0.600. The summed E-state index contributed by atoms with van der Waals surface area (Å²) in [7, 11) is 0. The molecule has 2 aliphatic carbocycles. The molecule has 2 aliphatic rings. The Kier molecular flexibility index (Phi) is 13.5. The smallest absolute Gasteiger partial charge is 0.339 e. The highest BCUT2D eigenvalue weighted by Gasteiger charge is 2.29. The summed E-state index contributed by atoms with van der Waals surface area (Å²) in [4.78, 5) is 26.1. The maximum Gasteiger partial charge on any atom is 0.339 e. The third kappa shape index (κ3) is 9.36. The summed E-state index contributed by atoms with van der Waals surface area (Å²) in [5.74, 6) is 0.184. The molecule has 218 valence electrons. The number of rotatable bonds is 14. The van der Waals surface area contributed by atoms with Crippen molar-refractivity contribution in [1.82, 2.24) is 0 Å². The van der Waals surface area contributed by atoms with Crippen molar-refractivity contribution in [2.45, 2.75) is 142 Å². The minimum absolute atomic E-state index is 0.0425. The summed E-state index contributed by atoms with van der Waals surface area (Å²) in [5, 5.41) is 19.7. The molecule has 0 atom stereocenters. The standard InChI is InChI=1S/C34H48N2O4/c1-3-5-7-9-11-25-13-17-27(18-14-25)39-33(37)29-21-22-30(32(24-36)31(29)23-35)34(38)40-28-19-15-26(16-20-28)12-10-8-6-4-2/h21-22,25-28H,3-20H2,1-2H3. The molecule has 1 aromatic rings. The number of ether oxygens (including phenoxy) is 2. The number of nitriles is 2. The molecular formula is C34H48N2O4. The van der Waals surface area contributed by atoms with Crippen molar-refractivity contribution in [3.05, 3.63) is 34.4 Å². The molecule has 0 aromatic heterocycles. The second-order valence-corrected chi connectivity index (χ2v) is 11.9. The maximum absolute atomic E-state index is 13.0. The van der Waals surface area contributed by atoms with Crippen LogP contribution in [0.2, 0.25) is 0 Å². The van der Waals surface area contributed by atoms with E-state index in [1.165, 1.54) is 76.3 Å². The Morgan fingerprint density at radius 1 is 0.650 bits per heavy atom. The van der Waals surface area contributed by atoms with E-state index in [1.807, 2.05) is 12.1 Å². The first-order chi connectivity index (χ1) is 19.5. The molecule has 1 aromatic carbocycles. The lowest BCUT2D eigenvalue weighted by molar-refractivity contribution is 0.0147. The molecule has 0 bridgehead atoms. The molecule has 0 unspecified atom stereocenters. The molecule has 0 N–H and O–H groups in total. The molecule has 0 aliphatic heterocycles. The summed E-state index contributed by atoms with van der Waals surface area (Å²) in [6, 6.07) is 6.82. The third-order valence-electron chi connectivity index (χ3n) is 8.94. The van der Waals surface area contributed by atoms with E-state index in [0.29, 0.717) is 11.8 Å². The van der Waals surface area contributed by atoms with E-state index >= 15 is 0 Å². The van der Waals surface area contributed by atoms with E-state index in [1.54, 1.807) is 0 Å². The zero-order valence-electron chi connectivity index (χ0n) is 24.7. The predicted octanol–water partition coefficient (Wildman–Crippen LogP) is 8.80. The predicted molar refractivity (Wildman–Crippen MR) is 156 cm³/mol. The fourth-order valence-corrected chi connectivity index (χ4v) is 6.40. The summed E-state index contributed by atoms with van der Waals surface area (Å²) in [6.45, 7) is 4.44. The van der Waals surface area contributed by atoms with E-state index in [0.717, 1.165) is 51.4 Å². The van der Waals surface area contributed by atoms with Crippen molar-refractivity contribution in [3.8, 4) is 12.1 Å². The fourth-order valence-electron chi connectivity index (χ4n) is 6.40. The average Bonchev–Trinajstić information content (AvgIpc) is 2.98. The van der Waals surface area contributed by atoms with Crippen LogP contribution in [0.15, 0.2) is 12.1 Å². The van der Waals surface area contributed by atoms with Crippen molar-refractivity contribution < 1.29 is 19.1 Å². The Morgan fingerprint density at radius 3 is 1.35 bits per heavy atom. The van der Waals surface area contributed by atoms with Gasteiger partial charge in [0.2, 0.25) is 0 Å². The largest absolute Gasteiger partial charge is 0.459 e. The number of carbonyl (C=O) groups is 2. The Morgan fingerprint density at radius 2 is 1.02 bits per heavy atom. The molecule has 6 nitrogen and oxygen atoms in total. The highest BCUT2D eigenvalue weighted by Crippen LogP contribution is 2.33. The normalized spacial score (nSPS) is 22.6. The lowest BCUT2D eigenvalue weighted by Crippen LogP contribution is -2.26. The molecule has 2 saturated carbocycles. The monoisotopic (exact) mass is 548 g/mol. The van der Waals surface area contributed by atoms with Gasteiger partial charge in [-0.1, -0.05) is 78.1 Å². The van der Waals surface area contributed by atoms with Gasteiger partial charge in [0.05, 0.1) is 22.3 Å². The van der Waals surface area contributed by atoms with Crippen LogP contribution in [-0.2, 0) is 9.47 Å². The first kappa shape index (κ1) is 31.7. The summed E-state index contributed by atoms with van der Waals surface area (Å²) in [6.07, 6.45) is 19.7. The number of esters is 2. The zero-order chi connectivity index (χ0) is 28.7. The fraction of sp³-hybridized carbons (Fsp3) is 0.706. The van der Waals surface area contributed by atoms with Crippen molar-refractivity contribution in [3.63, 3.8) is 0 Å². The van der Waals surface area contributed by atoms with Crippen LogP contribution in [0.25, 0.3) is 0 Å². The van der Waals surface area contributed by atoms with Crippen LogP contribution in [0.3, 0.4) is 0 Å². The van der Waals surface area contributed by atoms with E-state index in [2.05, 4.69) is 13.8 Å². The summed E-state index contributed by atoms with van der Waals surface area (Å²) in [5.41, 5.74) is -0.133. The number of hydrogen-bond acceptors (Lipinski definition) is 6.